The van der Waals surface area contributed by atoms with Crippen molar-refractivity contribution in [2.45, 2.75) is 39.5 Å². The average Bonchev–Trinajstić information content (AvgIpc) is 2.35. The summed E-state index contributed by atoms with van der Waals surface area (Å²) in [4.78, 5) is 10.9. The number of rotatable bonds is 3. The van der Waals surface area contributed by atoms with Crippen LogP contribution in [-0.4, -0.2) is 5.78 Å². The molecule has 0 aliphatic heterocycles. The van der Waals surface area contributed by atoms with Gasteiger partial charge in [-0.05, 0) is 39.2 Å². The van der Waals surface area contributed by atoms with Gasteiger partial charge in [-0.25, -0.2) is 0 Å². The Bertz CT molecular complexity index is 229. The van der Waals surface area contributed by atoms with Crippen LogP contribution in [0.4, 0.5) is 0 Å². The Morgan fingerprint density at radius 1 is 1.50 bits per heavy atom. The van der Waals surface area contributed by atoms with Crippen LogP contribution in [-0.2, 0) is 4.79 Å². The molecule has 0 aromatic rings. The van der Waals surface area contributed by atoms with E-state index < -0.39 is 0 Å². The number of hydrogen-bond donors (Lipinski definition) is 0. The molecule has 1 aliphatic rings. The normalized spacial score (nSPS) is 16.2. The van der Waals surface area contributed by atoms with Gasteiger partial charge in [-0.1, -0.05) is 17.2 Å². The third-order valence-corrected chi connectivity index (χ3v) is 2.08. The van der Waals surface area contributed by atoms with Gasteiger partial charge in [0.05, 0.1) is 0 Å². The van der Waals surface area contributed by atoms with Crippen LogP contribution in [0.2, 0.25) is 0 Å². The molecule has 1 heteroatoms. The molecule has 0 aromatic heterocycles. The van der Waals surface area contributed by atoms with Crippen LogP contribution in [0.3, 0.4) is 0 Å². The molecule has 1 nitrogen and oxygen atoms in total. The molecule has 66 valence electrons. The second kappa shape index (κ2) is 4.24. The second-order valence-electron chi connectivity index (χ2n) is 3.59. The molecule has 1 aliphatic carbocycles. The van der Waals surface area contributed by atoms with Gasteiger partial charge in [-0.3, -0.25) is 4.79 Å². The summed E-state index contributed by atoms with van der Waals surface area (Å²) in [5, 5.41) is 0. The number of carbonyl (C=O) groups is 1. The zero-order chi connectivity index (χ0) is 8.97. The van der Waals surface area contributed by atoms with E-state index >= 15 is 0 Å². The van der Waals surface area contributed by atoms with E-state index in [1.807, 2.05) is 6.08 Å². The lowest BCUT2D eigenvalue weighted by Gasteiger charge is -1.96. The Morgan fingerprint density at radius 2 is 2.25 bits per heavy atom. The molecule has 0 amide bonds. The van der Waals surface area contributed by atoms with E-state index in [4.69, 9.17) is 0 Å². The van der Waals surface area contributed by atoms with E-state index in [0.717, 1.165) is 25.7 Å². The largest absolute Gasteiger partial charge is 0.295 e. The smallest absolute Gasteiger partial charge is 0.155 e. The Labute approximate surface area is 74.2 Å². The fourth-order valence-corrected chi connectivity index (χ4v) is 1.40. The number of hydrogen-bond acceptors (Lipinski definition) is 1. The molecule has 0 bridgehead atoms. The molecule has 0 atom stereocenters. The van der Waals surface area contributed by atoms with Gasteiger partial charge < -0.3 is 0 Å². The predicted octanol–water partition coefficient (Wildman–Crippen LogP) is 3.02. The van der Waals surface area contributed by atoms with Crippen LogP contribution in [0.15, 0.2) is 23.3 Å². The topological polar surface area (TPSA) is 17.1 Å². The fourth-order valence-electron chi connectivity index (χ4n) is 1.40. The summed E-state index contributed by atoms with van der Waals surface area (Å²) in [5.74, 6) is 0.308. The van der Waals surface area contributed by atoms with E-state index in [-0.39, 0.29) is 0 Å². The van der Waals surface area contributed by atoms with E-state index in [9.17, 15) is 4.79 Å². The minimum absolute atomic E-state index is 0.308. The van der Waals surface area contributed by atoms with Crippen LogP contribution in [0, 0.1) is 0 Å². The molecule has 0 heterocycles. The lowest BCUT2D eigenvalue weighted by Crippen LogP contribution is -1.80. The first-order chi connectivity index (χ1) is 5.68. The van der Waals surface area contributed by atoms with Crippen molar-refractivity contribution in [2.75, 3.05) is 0 Å². The predicted molar refractivity (Wildman–Crippen MR) is 51.0 cm³/mol. The van der Waals surface area contributed by atoms with E-state index in [2.05, 4.69) is 19.9 Å². The van der Waals surface area contributed by atoms with E-state index in [1.54, 1.807) is 0 Å². The standard InChI is InChI=1S/C11H16O/c1-9(2)4-3-5-10-6-7-11(12)8-10/h4,8H,3,5-7H2,1-2H3. The monoisotopic (exact) mass is 164 g/mol. The van der Waals surface area contributed by atoms with Crippen molar-refractivity contribution >= 4 is 5.78 Å². The zero-order valence-electron chi connectivity index (χ0n) is 7.89. The lowest BCUT2D eigenvalue weighted by molar-refractivity contribution is -0.114. The molecule has 12 heavy (non-hydrogen) atoms. The quantitative estimate of drug-likeness (QED) is 0.586. The van der Waals surface area contributed by atoms with Gasteiger partial charge in [0.25, 0.3) is 0 Å². The Kier molecular flexibility index (Phi) is 3.27. The Balaban J connectivity index is 2.29. The molecule has 0 N–H and O–H groups in total. The summed E-state index contributed by atoms with van der Waals surface area (Å²) in [6, 6.07) is 0. The molecule has 1 rings (SSSR count). The third kappa shape index (κ3) is 3.04. The van der Waals surface area contributed by atoms with E-state index in [1.165, 1.54) is 11.1 Å². The first kappa shape index (κ1) is 9.24. The Morgan fingerprint density at radius 3 is 2.75 bits per heavy atom. The van der Waals surface area contributed by atoms with Crippen LogP contribution >= 0.6 is 0 Å². The van der Waals surface area contributed by atoms with Gasteiger partial charge in [-0.15, -0.1) is 0 Å². The van der Waals surface area contributed by atoms with Gasteiger partial charge in [0.1, 0.15) is 0 Å². The maximum absolute atomic E-state index is 10.9. The van der Waals surface area contributed by atoms with E-state index in [0.29, 0.717) is 5.78 Å². The van der Waals surface area contributed by atoms with Crippen molar-refractivity contribution in [3.8, 4) is 0 Å². The lowest BCUT2D eigenvalue weighted by atomic mass is 10.1. The van der Waals surface area contributed by atoms with Gasteiger partial charge in [0, 0.05) is 6.42 Å². The molecule has 0 unspecified atom stereocenters. The molecule has 0 spiro atoms. The fraction of sp³-hybridized carbons (Fsp3) is 0.545. The number of carbonyl (C=O) groups excluding carboxylic acids is 1. The molecule has 0 aromatic carbocycles. The number of allylic oxidation sites excluding steroid dienone is 4. The third-order valence-electron chi connectivity index (χ3n) is 2.08. The molecule has 0 fully saturated rings. The van der Waals surface area contributed by atoms with Gasteiger partial charge >= 0.3 is 0 Å². The summed E-state index contributed by atoms with van der Waals surface area (Å²) in [7, 11) is 0. The minimum Gasteiger partial charge on any atom is -0.295 e. The summed E-state index contributed by atoms with van der Waals surface area (Å²) < 4.78 is 0. The van der Waals surface area contributed by atoms with Crippen molar-refractivity contribution in [3.63, 3.8) is 0 Å². The summed E-state index contributed by atoms with van der Waals surface area (Å²) in [6.07, 6.45) is 7.93. The van der Waals surface area contributed by atoms with Crippen molar-refractivity contribution < 1.29 is 4.79 Å². The highest BCUT2D eigenvalue weighted by atomic mass is 16.1. The number of ketones is 1. The zero-order valence-corrected chi connectivity index (χ0v) is 7.89. The van der Waals surface area contributed by atoms with Crippen molar-refractivity contribution in [1.82, 2.24) is 0 Å². The minimum atomic E-state index is 0.308. The molecule has 0 radical (unpaired) electrons. The highest BCUT2D eigenvalue weighted by Crippen LogP contribution is 2.19. The molecule has 0 saturated carbocycles. The first-order valence-corrected chi connectivity index (χ1v) is 4.54. The molecular formula is C11H16O. The second-order valence-corrected chi connectivity index (χ2v) is 3.59. The van der Waals surface area contributed by atoms with Gasteiger partial charge in [-0.2, -0.15) is 0 Å². The Hall–Kier alpha value is -0.850. The van der Waals surface area contributed by atoms with Gasteiger partial charge in [0.2, 0.25) is 0 Å². The summed E-state index contributed by atoms with van der Waals surface area (Å²) in [6.45, 7) is 4.21. The van der Waals surface area contributed by atoms with Crippen LogP contribution in [0.25, 0.3) is 0 Å². The molecule has 0 saturated heterocycles. The summed E-state index contributed by atoms with van der Waals surface area (Å²) >= 11 is 0. The van der Waals surface area contributed by atoms with Gasteiger partial charge in [0.15, 0.2) is 5.78 Å². The van der Waals surface area contributed by atoms with Crippen molar-refractivity contribution in [3.05, 3.63) is 23.3 Å². The van der Waals surface area contributed by atoms with Crippen LogP contribution in [0.1, 0.15) is 39.5 Å². The van der Waals surface area contributed by atoms with Crippen molar-refractivity contribution in [1.29, 1.82) is 0 Å². The summed E-state index contributed by atoms with van der Waals surface area (Å²) in [5.41, 5.74) is 2.69. The van der Waals surface area contributed by atoms with Crippen LogP contribution in [0.5, 0.6) is 0 Å². The highest BCUT2D eigenvalue weighted by Gasteiger charge is 2.10. The van der Waals surface area contributed by atoms with Crippen molar-refractivity contribution in [2.24, 2.45) is 0 Å². The maximum atomic E-state index is 10.9. The maximum Gasteiger partial charge on any atom is 0.155 e. The average molecular weight is 164 g/mol. The SMILES string of the molecule is CC(C)=CCCC1=CC(=O)CC1. The van der Waals surface area contributed by atoms with Crippen LogP contribution < -0.4 is 0 Å². The highest BCUT2D eigenvalue weighted by molar-refractivity contribution is 5.92. The first-order valence-electron chi connectivity index (χ1n) is 4.54. The molecular weight excluding hydrogens is 148 g/mol.